The number of para-hydroxylation sites is 1. The molecule has 0 fully saturated rings. The van der Waals surface area contributed by atoms with E-state index in [1.165, 1.54) is 0 Å². The van der Waals surface area contributed by atoms with E-state index >= 15 is 0 Å². The first-order valence-electron chi connectivity index (χ1n) is 8.67. The number of hydrogen-bond acceptors (Lipinski definition) is 5. The summed E-state index contributed by atoms with van der Waals surface area (Å²) in [4.78, 5) is 27.7. The normalized spacial score (nSPS) is 11.0. The number of nitrogens with one attached hydrogen (secondary N) is 3. The molecule has 2 aromatic rings. The Kier molecular flexibility index (Phi) is 6.77. The van der Waals surface area contributed by atoms with Gasteiger partial charge in [0.2, 0.25) is 5.91 Å². The molecule has 0 saturated heterocycles. The number of rotatable bonds is 7. The van der Waals surface area contributed by atoms with Gasteiger partial charge in [0.05, 0.1) is 5.52 Å². The highest BCUT2D eigenvalue weighted by Gasteiger charge is 2.15. The fraction of sp³-hybridized carbons (Fsp3) is 0.421. The van der Waals surface area contributed by atoms with Crippen molar-refractivity contribution < 1.29 is 14.3 Å². The molecular weight excluding hydrogens is 332 g/mol. The smallest absolute Gasteiger partial charge is 0.407 e. The Morgan fingerprint density at radius 2 is 1.77 bits per heavy atom. The molecule has 0 bridgehead atoms. The Morgan fingerprint density at radius 1 is 1.00 bits per heavy atom. The van der Waals surface area contributed by atoms with E-state index in [-0.39, 0.29) is 18.9 Å². The highest BCUT2D eigenvalue weighted by atomic mass is 16.6. The number of amides is 2. The first kappa shape index (κ1) is 19.5. The number of carbonyl (C=O) groups excluding carboxylic acids is 2. The second-order valence-electron chi connectivity index (χ2n) is 6.84. The molecule has 7 heteroatoms. The summed E-state index contributed by atoms with van der Waals surface area (Å²) in [6.45, 7) is 6.64. The molecule has 1 aromatic carbocycles. The molecule has 0 unspecified atom stereocenters. The summed E-state index contributed by atoms with van der Waals surface area (Å²) in [5.74, 6) is 0.638. The van der Waals surface area contributed by atoms with Gasteiger partial charge in [0, 0.05) is 31.4 Å². The fourth-order valence-electron chi connectivity index (χ4n) is 2.24. The van der Waals surface area contributed by atoms with Gasteiger partial charge in [0.15, 0.2) is 0 Å². The number of carbonyl (C=O) groups is 2. The largest absolute Gasteiger partial charge is 0.444 e. The summed E-state index contributed by atoms with van der Waals surface area (Å²) < 4.78 is 5.10. The van der Waals surface area contributed by atoms with Crippen molar-refractivity contribution in [2.45, 2.75) is 32.8 Å². The van der Waals surface area contributed by atoms with Crippen LogP contribution in [0.25, 0.3) is 10.9 Å². The van der Waals surface area contributed by atoms with Crippen LogP contribution >= 0.6 is 0 Å². The van der Waals surface area contributed by atoms with Crippen LogP contribution in [0.2, 0.25) is 0 Å². The van der Waals surface area contributed by atoms with Crippen molar-refractivity contribution >= 4 is 28.7 Å². The monoisotopic (exact) mass is 358 g/mol. The van der Waals surface area contributed by atoms with Crippen molar-refractivity contribution in [2.24, 2.45) is 0 Å². The summed E-state index contributed by atoms with van der Waals surface area (Å²) in [7, 11) is 0. The predicted octanol–water partition coefficient (Wildman–Crippen LogP) is 2.68. The average molecular weight is 358 g/mol. The van der Waals surface area contributed by atoms with Crippen molar-refractivity contribution in [3.8, 4) is 0 Å². The van der Waals surface area contributed by atoms with E-state index in [1.807, 2.05) is 36.4 Å². The topological polar surface area (TPSA) is 92.3 Å². The molecule has 1 aromatic heterocycles. The molecule has 1 heterocycles. The molecule has 2 rings (SSSR count). The summed E-state index contributed by atoms with van der Waals surface area (Å²) >= 11 is 0. The van der Waals surface area contributed by atoms with Crippen molar-refractivity contribution in [3.63, 3.8) is 0 Å². The Morgan fingerprint density at radius 3 is 2.54 bits per heavy atom. The van der Waals surface area contributed by atoms with Crippen molar-refractivity contribution in [1.82, 2.24) is 15.6 Å². The van der Waals surface area contributed by atoms with Gasteiger partial charge < -0.3 is 20.7 Å². The van der Waals surface area contributed by atoms with Crippen LogP contribution in [-0.2, 0) is 9.53 Å². The molecule has 7 nitrogen and oxygen atoms in total. The maximum atomic E-state index is 11.7. The summed E-state index contributed by atoms with van der Waals surface area (Å²) in [5.41, 5.74) is 0.379. The lowest BCUT2D eigenvalue weighted by Crippen LogP contribution is -2.36. The zero-order valence-electron chi connectivity index (χ0n) is 15.5. The number of nitrogens with zero attached hydrogens (tertiary/aromatic N) is 1. The van der Waals surface area contributed by atoms with Gasteiger partial charge in [-0.2, -0.15) is 0 Å². The quantitative estimate of drug-likeness (QED) is 0.662. The molecular formula is C19H26N4O3. The summed E-state index contributed by atoms with van der Waals surface area (Å²) in [6, 6.07) is 11.8. The number of benzene rings is 1. The molecule has 0 aliphatic carbocycles. The minimum Gasteiger partial charge on any atom is -0.444 e. The van der Waals surface area contributed by atoms with E-state index in [0.717, 1.165) is 16.7 Å². The Labute approximate surface area is 153 Å². The molecule has 0 radical (unpaired) electrons. The van der Waals surface area contributed by atoms with Gasteiger partial charge in [0.25, 0.3) is 0 Å². The van der Waals surface area contributed by atoms with Crippen LogP contribution in [0.1, 0.15) is 27.2 Å². The molecule has 140 valence electrons. The molecule has 0 aliphatic heterocycles. The standard InChI is InChI=1S/C19H26N4O3/c1-19(2,3)26-18(25)22-11-10-17(24)21-13-12-20-16-9-8-14-6-4-5-7-15(14)23-16/h4-9H,10-13H2,1-3H3,(H,20,23)(H,21,24)(H,22,25). The molecule has 26 heavy (non-hydrogen) atoms. The first-order valence-corrected chi connectivity index (χ1v) is 8.67. The average Bonchev–Trinajstić information content (AvgIpc) is 2.57. The predicted molar refractivity (Wildman–Crippen MR) is 102 cm³/mol. The third-order valence-corrected chi connectivity index (χ3v) is 3.37. The zero-order chi connectivity index (χ0) is 19.0. The molecule has 0 saturated carbocycles. The van der Waals surface area contributed by atoms with Crippen LogP contribution < -0.4 is 16.0 Å². The first-order chi connectivity index (χ1) is 12.3. The van der Waals surface area contributed by atoms with Crippen LogP contribution in [0.4, 0.5) is 10.6 Å². The Bertz CT molecular complexity index is 756. The highest BCUT2D eigenvalue weighted by molar-refractivity contribution is 5.80. The lowest BCUT2D eigenvalue weighted by atomic mass is 10.2. The second-order valence-corrected chi connectivity index (χ2v) is 6.84. The number of anilines is 1. The minimum absolute atomic E-state index is 0.130. The van der Waals surface area contributed by atoms with E-state index in [1.54, 1.807) is 20.8 Å². The van der Waals surface area contributed by atoms with Gasteiger partial charge in [-0.1, -0.05) is 18.2 Å². The van der Waals surface area contributed by atoms with E-state index in [4.69, 9.17) is 4.74 Å². The van der Waals surface area contributed by atoms with Gasteiger partial charge in [-0.3, -0.25) is 4.79 Å². The maximum absolute atomic E-state index is 11.7. The third-order valence-electron chi connectivity index (χ3n) is 3.37. The summed E-state index contributed by atoms with van der Waals surface area (Å²) in [6.07, 6.45) is -0.317. The maximum Gasteiger partial charge on any atom is 0.407 e. The third kappa shape index (κ3) is 6.96. The van der Waals surface area contributed by atoms with Gasteiger partial charge in [-0.05, 0) is 39.0 Å². The van der Waals surface area contributed by atoms with Gasteiger partial charge >= 0.3 is 6.09 Å². The zero-order valence-corrected chi connectivity index (χ0v) is 15.5. The SMILES string of the molecule is CC(C)(C)OC(=O)NCCC(=O)NCCNc1ccc2ccccc2n1. The molecule has 0 spiro atoms. The lowest BCUT2D eigenvalue weighted by Gasteiger charge is -2.19. The van der Waals surface area contributed by atoms with Gasteiger partial charge in [-0.15, -0.1) is 0 Å². The van der Waals surface area contributed by atoms with E-state index in [2.05, 4.69) is 20.9 Å². The lowest BCUT2D eigenvalue weighted by molar-refractivity contribution is -0.120. The van der Waals surface area contributed by atoms with Crippen LogP contribution in [-0.4, -0.2) is 42.2 Å². The Hall–Kier alpha value is -2.83. The number of fused-ring (bicyclic) bond motifs is 1. The molecule has 2 amide bonds. The number of pyridine rings is 1. The van der Waals surface area contributed by atoms with Crippen molar-refractivity contribution in [2.75, 3.05) is 25.0 Å². The van der Waals surface area contributed by atoms with E-state index < -0.39 is 11.7 Å². The van der Waals surface area contributed by atoms with Crippen LogP contribution in [0, 0.1) is 0 Å². The number of aromatic nitrogens is 1. The van der Waals surface area contributed by atoms with Crippen LogP contribution in [0.5, 0.6) is 0 Å². The van der Waals surface area contributed by atoms with Gasteiger partial charge in [0.1, 0.15) is 11.4 Å². The van der Waals surface area contributed by atoms with Gasteiger partial charge in [-0.25, -0.2) is 9.78 Å². The van der Waals surface area contributed by atoms with E-state index in [0.29, 0.717) is 13.1 Å². The summed E-state index contributed by atoms with van der Waals surface area (Å²) in [5, 5.41) is 9.61. The van der Waals surface area contributed by atoms with Crippen molar-refractivity contribution in [1.29, 1.82) is 0 Å². The molecule has 0 atom stereocenters. The highest BCUT2D eigenvalue weighted by Crippen LogP contribution is 2.14. The fourth-order valence-corrected chi connectivity index (χ4v) is 2.24. The number of hydrogen-bond donors (Lipinski definition) is 3. The number of alkyl carbamates (subject to hydrolysis) is 1. The van der Waals surface area contributed by atoms with Crippen molar-refractivity contribution in [3.05, 3.63) is 36.4 Å². The number of ether oxygens (including phenoxy) is 1. The second kappa shape index (κ2) is 9.03. The van der Waals surface area contributed by atoms with Crippen LogP contribution in [0.15, 0.2) is 36.4 Å². The minimum atomic E-state index is -0.547. The Balaban J connectivity index is 1.61. The van der Waals surface area contributed by atoms with E-state index in [9.17, 15) is 9.59 Å². The molecule has 0 aliphatic rings. The molecule has 3 N–H and O–H groups in total. The van der Waals surface area contributed by atoms with Crippen LogP contribution in [0.3, 0.4) is 0 Å².